The van der Waals surface area contributed by atoms with Crippen LogP contribution in [0.4, 0.5) is 4.79 Å². The van der Waals surface area contributed by atoms with Crippen LogP contribution >= 0.6 is 0 Å². The van der Waals surface area contributed by atoms with Gasteiger partial charge in [-0.1, -0.05) is 70.9 Å². The highest BCUT2D eigenvalue weighted by Gasteiger charge is 2.45. The Balaban J connectivity index is 2.47. The largest absolute Gasteiger partial charge is 0.452 e. The number of carbonyl (C=O) groups excluding carboxylic acids is 1. The van der Waals surface area contributed by atoms with Crippen molar-refractivity contribution in [1.29, 1.82) is 0 Å². The SMILES string of the molecule is CCCC[C@H]([C@H](CCc1ccccc1)O[Si](C)(C)C(C)(C)C)N(C(=O)OC)N1CCC[C@H]1COC. The molecule has 0 radical (unpaired) electrons. The summed E-state index contributed by atoms with van der Waals surface area (Å²) < 4.78 is 18.1. The van der Waals surface area contributed by atoms with Gasteiger partial charge in [0, 0.05) is 13.7 Å². The molecule has 0 bridgehead atoms. The smallest absolute Gasteiger partial charge is 0.424 e. The molecule has 3 atom stereocenters. The number of amides is 1. The Morgan fingerprint density at radius 1 is 1.17 bits per heavy atom. The van der Waals surface area contributed by atoms with Gasteiger partial charge in [-0.05, 0) is 55.8 Å². The van der Waals surface area contributed by atoms with E-state index in [1.54, 1.807) is 7.11 Å². The summed E-state index contributed by atoms with van der Waals surface area (Å²) in [5, 5.41) is 4.20. The third-order valence-corrected chi connectivity index (χ3v) is 12.3. The zero-order valence-corrected chi connectivity index (χ0v) is 24.5. The molecule has 0 unspecified atom stereocenters. The second kappa shape index (κ2) is 13.8. The highest BCUT2D eigenvalue weighted by molar-refractivity contribution is 6.74. The Kier molecular flexibility index (Phi) is 11.7. The van der Waals surface area contributed by atoms with E-state index in [1.807, 2.05) is 5.01 Å². The maximum Gasteiger partial charge on any atom is 0.424 e. The lowest BCUT2D eigenvalue weighted by molar-refractivity contribution is -0.0975. The Hall–Kier alpha value is -1.41. The zero-order valence-electron chi connectivity index (χ0n) is 23.5. The number of carbonyl (C=O) groups is 1. The molecule has 1 fully saturated rings. The number of benzene rings is 1. The van der Waals surface area contributed by atoms with Crippen LogP contribution in [-0.4, -0.2) is 70.0 Å². The van der Waals surface area contributed by atoms with Gasteiger partial charge in [0.25, 0.3) is 0 Å². The fraction of sp³-hybridized carbons (Fsp3) is 0.750. The molecule has 1 heterocycles. The van der Waals surface area contributed by atoms with Crippen molar-refractivity contribution >= 4 is 14.4 Å². The Morgan fingerprint density at radius 2 is 1.86 bits per heavy atom. The third-order valence-electron chi connectivity index (χ3n) is 7.75. The van der Waals surface area contributed by atoms with E-state index in [-0.39, 0.29) is 29.3 Å². The number of methoxy groups -OCH3 is 2. The third kappa shape index (κ3) is 8.31. The van der Waals surface area contributed by atoms with E-state index in [0.717, 1.165) is 51.5 Å². The van der Waals surface area contributed by atoms with Crippen molar-refractivity contribution in [2.75, 3.05) is 27.4 Å². The van der Waals surface area contributed by atoms with Crippen LogP contribution in [0.1, 0.15) is 71.8 Å². The van der Waals surface area contributed by atoms with Gasteiger partial charge in [0.1, 0.15) is 0 Å². The predicted octanol–water partition coefficient (Wildman–Crippen LogP) is 6.66. The van der Waals surface area contributed by atoms with E-state index in [1.165, 1.54) is 12.7 Å². The van der Waals surface area contributed by atoms with Crippen molar-refractivity contribution in [1.82, 2.24) is 10.0 Å². The number of hydrogen-bond acceptors (Lipinski definition) is 5. The van der Waals surface area contributed by atoms with Crippen LogP contribution in [0.5, 0.6) is 0 Å². The Bertz CT molecular complexity index is 753. The van der Waals surface area contributed by atoms with E-state index in [9.17, 15) is 4.79 Å². The topological polar surface area (TPSA) is 51.2 Å². The minimum Gasteiger partial charge on any atom is -0.452 e. The minimum absolute atomic E-state index is 0.0782. The average Bonchev–Trinajstić information content (AvgIpc) is 3.26. The van der Waals surface area contributed by atoms with Crippen LogP contribution in [0.3, 0.4) is 0 Å². The monoisotopic (exact) mass is 506 g/mol. The molecule has 1 aromatic rings. The molecule has 0 spiro atoms. The van der Waals surface area contributed by atoms with Crippen LogP contribution in [0.2, 0.25) is 18.1 Å². The normalized spacial score (nSPS) is 18.9. The number of aryl methyl sites for hydroxylation is 1. The summed E-state index contributed by atoms with van der Waals surface area (Å²) in [4.78, 5) is 13.4. The molecule has 200 valence electrons. The molecule has 1 aliphatic rings. The van der Waals surface area contributed by atoms with Gasteiger partial charge in [-0.2, -0.15) is 0 Å². The van der Waals surface area contributed by atoms with E-state index in [2.05, 4.69) is 76.1 Å². The van der Waals surface area contributed by atoms with Crippen molar-refractivity contribution < 1.29 is 18.7 Å². The number of ether oxygens (including phenoxy) is 2. The first-order valence-corrected chi connectivity index (χ1v) is 16.3. The van der Waals surface area contributed by atoms with Gasteiger partial charge in [0.15, 0.2) is 8.32 Å². The van der Waals surface area contributed by atoms with Gasteiger partial charge < -0.3 is 13.9 Å². The van der Waals surface area contributed by atoms with E-state index < -0.39 is 8.32 Å². The molecule has 7 heteroatoms. The second-order valence-electron chi connectivity index (χ2n) is 11.4. The maximum atomic E-state index is 13.4. The maximum absolute atomic E-state index is 13.4. The Labute approximate surface area is 215 Å². The van der Waals surface area contributed by atoms with Crippen molar-refractivity contribution in [2.45, 2.75) is 109 Å². The fourth-order valence-corrected chi connectivity index (χ4v) is 6.09. The van der Waals surface area contributed by atoms with Gasteiger partial charge in [-0.25, -0.2) is 14.8 Å². The van der Waals surface area contributed by atoms with E-state index in [0.29, 0.717) is 6.61 Å². The lowest BCUT2D eigenvalue weighted by Gasteiger charge is -2.47. The van der Waals surface area contributed by atoms with E-state index in [4.69, 9.17) is 13.9 Å². The van der Waals surface area contributed by atoms with E-state index >= 15 is 0 Å². The zero-order chi connectivity index (χ0) is 26.1. The summed E-state index contributed by atoms with van der Waals surface area (Å²) in [5.41, 5.74) is 1.30. The van der Waals surface area contributed by atoms with Crippen LogP contribution in [0.15, 0.2) is 30.3 Å². The van der Waals surface area contributed by atoms with Crippen molar-refractivity contribution in [3.63, 3.8) is 0 Å². The first-order valence-electron chi connectivity index (χ1n) is 13.4. The standard InChI is InChI=1S/C28H50N2O4Si/c1-9-10-18-25(30(27(31)33-6)29-21-14-17-24(29)22-32-5)26(34-35(7,8)28(2,3)4)20-19-23-15-12-11-13-16-23/h11-13,15-16,24-26H,9-10,14,17-22H2,1-8H3/t24-,25+,26-/m0/s1. The number of unbranched alkanes of at least 4 members (excludes halogenated alkanes) is 1. The van der Waals surface area contributed by atoms with Crippen molar-refractivity contribution in [2.24, 2.45) is 0 Å². The first-order chi connectivity index (χ1) is 16.6. The fourth-order valence-electron chi connectivity index (χ4n) is 4.71. The molecule has 0 N–H and O–H groups in total. The van der Waals surface area contributed by atoms with Gasteiger partial charge in [-0.3, -0.25) is 0 Å². The molecule has 0 aliphatic carbocycles. The molecule has 1 saturated heterocycles. The highest BCUT2D eigenvalue weighted by Crippen LogP contribution is 2.39. The highest BCUT2D eigenvalue weighted by atomic mass is 28.4. The molecule has 1 amide bonds. The Morgan fingerprint density at radius 3 is 2.43 bits per heavy atom. The predicted molar refractivity (Wildman–Crippen MR) is 146 cm³/mol. The van der Waals surface area contributed by atoms with Crippen LogP contribution in [0, 0.1) is 0 Å². The van der Waals surface area contributed by atoms with Gasteiger partial charge in [0.2, 0.25) is 0 Å². The summed E-state index contributed by atoms with van der Waals surface area (Å²) in [6.45, 7) is 15.1. The summed E-state index contributed by atoms with van der Waals surface area (Å²) in [6.07, 6.45) is 6.45. The number of hydrogen-bond donors (Lipinski definition) is 0. The molecule has 1 aromatic carbocycles. The first kappa shape index (κ1) is 29.8. The molecule has 0 saturated carbocycles. The number of nitrogens with zero attached hydrogens (tertiary/aromatic N) is 2. The second-order valence-corrected chi connectivity index (χ2v) is 16.1. The van der Waals surface area contributed by atoms with Crippen LogP contribution in [0.25, 0.3) is 0 Å². The number of hydrazine groups is 1. The van der Waals surface area contributed by atoms with Crippen molar-refractivity contribution in [3.05, 3.63) is 35.9 Å². The summed E-state index contributed by atoms with van der Waals surface area (Å²) in [7, 11) is 1.13. The molecular formula is C28H50N2O4Si. The van der Waals surface area contributed by atoms with Gasteiger partial charge in [-0.15, -0.1) is 0 Å². The number of rotatable bonds is 13. The summed E-state index contributed by atoms with van der Waals surface area (Å²) >= 11 is 0. The average molecular weight is 507 g/mol. The quantitative estimate of drug-likeness (QED) is 0.280. The van der Waals surface area contributed by atoms with Crippen LogP contribution < -0.4 is 0 Å². The molecule has 2 rings (SSSR count). The summed E-state index contributed by atoms with van der Waals surface area (Å²) in [6, 6.07) is 10.7. The van der Waals surface area contributed by atoms with Gasteiger partial charge >= 0.3 is 6.09 Å². The van der Waals surface area contributed by atoms with Crippen LogP contribution in [-0.2, 0) is 20.3 Å². The molecular weight excluding hydrogens is 456 g/mol. The molecule has 6 nitrogen and oxygen atoms in total. The van der Waals surface area contributed by atoms with Crippen molar-refractivity contribution in [3.8, 4) is 0 Å². The molecule has 0 aromatic heterocycles. The summed E-state index contributed by atoms with van der Waals surface area (Å²) in [5.74, 6) is 0. The lowest BCUT2D eigenvalue weighted by Crippen LogP contribution is -2.60. The molecule has 1 aliphatic heterocycles. The lowest BCUT2D eigenvalue weighted by atomic mass is 9.97. The molecule has 35 heavy (non-hydrogen) atoms. The minimum atomic E-state index is -2.09. The van der Waals surface area contributed by atoms with Gasteiger partial charge in [0.05, 0.1) is 31.9 Å².